The van der Waals surface area contributed by atoms with Crippen LogP contribution in [-0.2, 0) is 17.8 Å². The number of halogens is 2. The number of hydrogen-bond acceptors (Lipinski definition) is 5. The van der Waals surface area contributed by atoms with Crippen LogP contribution >= 0.6 is 11.6 Å². The number of rotatable bonds is 7. The minimum absolute atomic E-state index is 0.0344. The molecule has 0 saturated carbocycles. The van der Waals surface area contributed by atoms with Crippen LogP contribution < -0.4 is 5.32 Å². The van der Waals surface area contributed by atoms with E-state index in [0.29, 0.717) is 29.2 Å². The molecule has 32 heavy (non-hydrogen) atoms. The van der Waals surface area contributed by atoms with Gasteiger partial charge < -0.3 is 5.32 Å². The van der Waals surface area contributed by atoms with Crippen LogP contribution in [0.15, 0.2) is 42.7 Å². The molecule has 0 radical (unpaired) electrons. The number of H-pyrrole nitrogens is 2. The highest BCUT2D eigenvalue weighted by Crippen LogP contribution is 2.26. The van der Waals surface area contributed by atoms with Gasteiger partial charge in [0.2, 0.25) is 5.91 Å². The van der Waals surface area contributed by atoms with E-state index < -0.39 is 5.82 Å². The lowest BCUT2D eigenvalue weighted by Crippen LogP contribution is -2.36. The molecule has 1 atom stereocenters. The van der Waals surface area contributed by atoms with Crippen molar-refractivity contribution in [2.45, 2.75) is 25.9 Å². The molecule has 3 heterocycles. The topological polar surface area (TPSA) is 128 Å². The van der Waals surface area contributed by atoms with E-state index in [4.69, 9.17) is 16.9 Å². The molecule has 4 aromatic rings. The molecular weight excluding hydrogens is 435 g/mol. The second kappa shape index (κ2) is 9.03. The van der Waals surface area contributed by atoms with E-state index >= 15 is 0 Å². The molecule has 0 fully saturated rings. The van der Waals surface area contributed by atoms with Crippen molar-refractivity contribution < 1.29 is 9.18 Å². The monoisotopic (exact) mass is 452 g/mol. The largest absolute Gasteiger partial charge is 0.351 e. The Morgan fingerprint density at radius 1 is 1.31 bits per heavy atom. The summed E-state index contributed by atoms with van der Waals surface area (Å²) in [5.41, 5.74) is 2.91. The maximum atomic E-state index is 14.0. The quantitative estimate of drug-likeness (QED) is 0.397. The van der Waals surface area contributed by atoms with Crippen LogP contribution in [0.1, 0.15) is 18.2 Å². The summed E-state index contributed by atoms with van der Waals surface area (Å²) in [6.07, 6.45) is 3.51. The lowest BCUT2D eigenvalue weighted by atomic mass is 10.1. The summed E-state index contributed by atoms with van der Waals surface area (Å²) in [4.78, 5) is 12.4. The van der Waals surface area contributed by atoms with Gasteiger partial charge in [-0.15, -0.1) is 0 Å². The molecule has 0 spiro atoms. The Morgan fingerprint density at radius 2 is 2.16 bits per heavy atom. The van der Waals surface area contributed by atoms with Gasteiger partial charge in [0, 0.05) is 29.7 Å². The van der Waals surface area contributed by atoms with E-state index in [0.717, 1.165) is 5.69 Å². The number of carbonyl (C=O) groups excluding carboxylic acids is 1. The van der Waals surface area contributed by atoms with Crippen molar-refractivity contribution in [3.8, 4) is 28.7 Å². The fourth-order valence-corrected chi connectivity index (χ4v) is 3.51. The minimum atomic E-state index is -0.695. The fourth-order valence-electron chi connectivity index (χ4n) is 3.26. The normalized spacial score (nSPS) is 11.8. The number of benzene rings is 1. The van der Waals surface area contributed by atoms with Gasteiger partial charge in [-0.25, -0.2) is 4.39 Å². The van der Waals surface area contributed by atoms with Gasteiger partial charge in [-0.2, -0.15) is 20.6 Å². The van der Waals surface area contributed by atoms with Crippen molar-refractivity contribution in [1.82, 2.24) is 35.5 Å². The summed E-state index contributed by atoms with van der Waals surface area (Å²) in [6, 6.07) is 9.56. The first-order valence-corrected chi connectivity index (χ1v) is 10.1. The molecular formula is C21H18ClFN8O. The third-order valence-corrected chi connectivity index (χ3v) is 5.02. The van der Waals surface area contributed by atoms with Crippen molar-refractivity contribution in [3.05, 3.63) is 64.8 Å². The lowest BCUT2D eigenvalue weighted by molar-refractivity contribution is -0.121. The highest BCUT2D eigenvalue weighted by atomic mass is 35.5. The number of nitrogens with one attached hydrogen (secondary N) is 3. The molecule has 1 aromatic carbocycles. The summed E-state index contributed by atoms with van der Waals surface area (Å²) in [7, 11) is 0. The van der Waals surface area contributed by atoms with Gasteiger partial charge in [0.25, 0.3) is 0 Å². The average Bonchev–Trinajstić information content (AvgIpc) is 3.49. The van der Waals surface area contributed by atoms with Crippen molar-refractivity contribution in [1.29, 1.82) is 5.26 Å². The van der Waals surface area contributed by atoms with Crippen LogP contribution in [0.5, 0.6) is 0 Å². The molecule has 3 aromatic heterocycles. The number of amides is 1. The SMILES string of the molecule is C[C@@H](Cn1ccc(-c2cc(F)c(C#N)c(Cl)c2)n1)NC(=O)Cc1cc(-c2ccn[nH]2)n[nH]1. The van der Waals surface area contributed by atoms with Gasteiger partial charge in [0.05, 0.1) is 29.4 Å². The third kappa shape index (κ3) is 4.68. The molecule has 0 aliphatic heterocycles. The van der Waals surface area contributed by atoms with Gasteiger partial charge in [0.1, 0.15) is 23.1 Å². The minimum Gasteiger partial charge on any atom is -0.351 e. The molecule has 0 bridgehead atoms. The second-order valence-electron chi connectivity index (χ2n) is 7.24. The number of nitrogens with zero attached hydrogens (tertiary/aromatic N) is 5. The first kappa shape index (κ1) is 21.3. The maximum absolute atomic E-state index is 14.0. The van der Waals surface area contributed by atoms with E-state index in [1.165, 1.54) is 12.1 Å². The zero-order chi connectivity index (χ0) is 22.7. The van der Waals surface area contributed by atoms with Crippen LogP contribution in [0, 0.1) is 17.1 Å². The molecule has 0 aliphatic carbocycles. The Morgan fingerprint density at radius 3 is 2.88 bits per heavy atom. The number of carbonyl (C=O) groups is 1. The van der Waals surface area contributed by atoms with Crippen molar-refractivity contribution in [2.75, 3.05) is 0 Å². The van der Waals surface area contributed by atoms with Crippen molar-refractivity contribution in [3.63, 3.8) is 0 Å². The number of hydrogen-bond donors (Lipinski definition) is 3. The maximum Gasteiger partial charge on any atom is 0.226 e. The molecule has 9 nitrogen and oxygen atoms in total. The number of nitriles is 1. The Kier molecular flexibility index (Phi) is 6.00. The Hall–Kier alpha value is -3.97. The van der Waals surface area contributed by atoms with E-state index in [1.54, 1.807) is 41.3 Å². The summed E-state index contributed by atoms with van der Waals surface area (Å²) in [5, 5.41) is 30.0. The van der Waals surface area contributed by atoms with E-state index in [-0.39, 0.29) is 29.0 Å². The molecule has 4 rings (SSSR count). The molecule has 1 amide bonds. The first-order valence-electron chi connectivity index (χ1n) is 9.69. The van der Waals surface area contributed by atoms with Gasteiger partial charge in [-0.3, -0.25) is 19.7 Å². The molecule has 0 unspecified atom stereocenters. The Labute approximate surface area is 187 Å². The van der Waals surface area contributed by atoms with Crippen LogP contribution in [0.4, 0.5) is 4.39 Å². The van der Waals surface area contributed by atoms with Gasteiger partial charge >= 0.3 is 0 Å². The first-order chi connectivity index (χ1) is 15.4. The van der Waals surface area contributed by atoms with E-state index in [9.17, 15) is 9.18 Å². The Bertz CT molecular complexity index is 1260. The smallest absolute Gasteiger partial charge is 0.226 e. The van der Waals surface area contributed by atoms with Crippen molar-refractivity contribution >= 4 is 17.5 Å². The van der Waals surface area contributed by atoms with Gasteiger partial charge in [-0.1, -0.05) is 11.6 Å². The summed E-state index contributed by atoms with van der Waals surface area (Å²) in [5.74, 6) is -0.856. The van der Waals surface area contributed by atoms with Crippen LogP contribution in [-0.4, -0.2) is 42.1 Å². The molecule has 3 N–H and O–H groups in total. The number of aromatic nitrogens is 6. The second-order valence-corrected chi connectivity index (χ2v) is 7.65. The highest BCUT2D eigenvalue weighted by molar-refractivity contribution is 6.32. The summed E-state index contributed by atoms with van der Waals surface area (Å²) >= 11 is 5.97. The third-order valence-electron chi connectivity index (χ3n) is 4.72. The average molecular weight is 453 g/mol. The summed E-state index contributed by atoms with van der Waals surface area (Å²) < 4.78 is 15.7. The zero-order valence-corrected chi connectivity index (χ0v) is 17.7. The number of aromatic amines is 2. The van der Waals surface area contributed by atoms with Gasteiger partial charge in [-0.05, 0) is 37.3 Å². The summed E-state index contributed by atoms with van der Waals surface area (Å²) in [6.45, 7) is 2.28. The fraction of sp³-hybridized carbons (Fsp3) is 0.190. The molecule has 0 aliphatic rings. The lowest BCUT2D eigenvalue weighted by Gasteiger charge is -2.13. The standard InChI is InChI=1S/C21H18ClFN8O/c1-12(26-21(32)9-14-8-20(29-27-14)19-2-4-25-28-19)11-31-5-3-18(30-31)13-6-16(22)15(10-24)17(23)7-13/h2-8,12H,9,11H2,1H3,(H,25,28)(H,26,32)(H,27,29)/t12-/m0/s1. The highest BCUT2D eigenvalue weighted by Gasteiger charge is 2.14. The zero-order valence-electron chi connectivity index (χ0n) is 16.9. The molecule has 0 saturated heterocycles. The molecule has 11 heteroatoms. The predicted octanol–water partition coefficient (Wildman–Crippen LogP) is 3.07. The van der Waals surface area contributed by atoms with E-state index in [1.807, 2.05) is 6.92 Å². The molecule has 162 valence electrons. The Balaban J connectivity index is 1.35. The predicted molar refractivity (Wildman–Crippen MR) is 115 cm³/mol. The van der Waals surface area contributed by atoms with Crippen LogP contribution in [0.3, 0.4) is 0 Å². The van der Waals surface area contributed by atoms with Crippen molar-refractivity contribution in [2.24, 2.45) is 0 Å². The van der Waals surface area contributed by atoms with Crippen LogP contribution in [0.2, 0.25) is 5.02 Å². The van der Waals surface area contributed by atoms with Crippen LogP contribution in [0.25, 0.3) is 22.6 Å². The van der Waals surface area contributed by atoms with Gasteiger partial charge in [0.15, 0.2) is 0 Å². The van der Waals surface area contributed by atoms with E-state index in [2.05, 4.69) is 30.8 Å².